The van der Waals surface area contributed by atoms with Crippen molar-refractivity contribution in [1.82, 2.24) is 0 Å². The number of nitrogens with one attached hydrogen (secondary N) is 1. The number of rotatable bonds is 3. The number of aromatic hydroxyl groups is 1. The second kappa shape index (κ2) is 4.99. The number of para-hydroxylation sites is 2. The molecule has 94 valence electrons. The van der Waals surface area contributed by atoms with Gasteiger partial charge in [-0.25, -0.2) is 8.42 Å². The Hall–Kier alpha value is -1.53. The summed E-state index contributed by atoms with van der Waals surface area (Å²) >= 11 is 3.18. The first-order chi connectivity index (χ1) is 8.50. The van der Waals surface area contributed by atoms with Crippen LogP contribution in [-0.4, -0.2) is 13.5 Å². The SMILES string of the molecule is O=S(=O)(Nc1ccccc1O)c1ccccc1Br. The Morgan fingerprint density at radius 1 is 1.00 bits per heavy atom. The molecule has 0 aliphatic heterocycles. The molecule has 2 N–H and O–H groups in total. The molecule has 0 atom stereocenters. The molecular weight excluding hydrogens is 318 g/mol. The summed E-state index contributed by atoms with van der Waals surface area (Å²) in [5.74, 6) is -0.117. The highest BCUT2D eigenvalue weighted by Gasteiger charge is 2.18. The van der Waals surface area contributed by atoms with E-state index in [-0.39, 0.29) is 16.3 Å². The summed E-state index contributed by atoms with van der Waals surface area (Å²) in [6.07, 6.45) is 0. The number of hydrogen-bond donors (Lipinski definition) is 2. The summed E-state index contributed by atoms with van der Waals surface area (Å²) in [5.41, 5.74) is 0.147. The van der Waals surface area contributed by atoms with Crippen molar-refractivity contribution >= 4 is 31.6 Å². The minimum Gasteiger partial charge on any atom is -0.506 e. The van der Waals surface area contributed by atoms with E-state index in [1.165, 1.54) is 18.2 Å². The van der Waals surface area contributed by atoms with E-state index in [0.29, 0.717) is 4.47 Å². The fourth-order valence-corrected chi connectivity index (χ4v) is 3.50. The molecule has 0 spiro atoms. The summed E-state index contributed by atoms with van der Waals surface area (Å²) in [5, 5.41) is 9.55. The summed E-state index contributed by atoms with van der Waals surface area (Å²) in [6, 6.07) is 12.6. The van der Waals surface area contributed by atoms with Crippen LogP contribution in [-0.2, 0) is 10.0 Å². The van der Waals surface area contributed by atoms with Gasteiger partial charge in [-0.05, 0) is 40.2 Å². The Labute approximate surface area is 113 Å². The van der Waals surface area contributed by atoms with Crippen LogP contribution in [0.25, 0.3) is 0 Å². The molecule has 0 aromatic heterocycles. The van der Waals surface area contributed by atoms with Gasteiger partial charge >= 0.3 is 0 Å². The molecule has 4 nitrogen and oxygen atoms in total. The predicted molar refractivity (Wildman–Crippen MR) is 73.1 cm³/mol. The second-order valence-electron chi connectivity index (χ2n) is 3.55. The number of halogens is 1. The fourth-order valence-electron chi connectivity index (χ4n) is 1.42. The maximum atomic E-state index is 12.1. The predicted octanol–water partition coefficient (Wildman–Crippen LogP) is 2.96. The molecular formula is C12H10BrNO3S. The zero-order chi connectivity index (χ0) is 13.2. The minimum absolute atomic E-state index is 0.117. The molecule has 0 heterocycles. The molecule has 0 amide bonds. The van der Waals surface area contributed by atoms with Crippen LogP contribution in [0, 0.1) is 0 Å². The highest BCUT2D eigenvalue weighted by Crippen LogP contribution is 2.27. The first kappa shape index (κ1) is 12.9. The largest absolute Gasteiger partial charge is 0.506 e. The average Bonchev–Trinajstić information content (AvgIpc) is 2.32. The van der Waals surface area contributed by atoms with Crippen LogP contribution in [0.2, 0.25) is 0 Å². The zero-order valence-corrected chi connectivity index (χ0v) is 11.6. The van der Waals surface area contributed by atoms with E-state index in [0.717, 1.165) is 0 Å². The van der Waals surface area contributed by atoms with Gasteiger partial charge in [0.15, 0.2) is 0 Å². The van der Waals surface area contributed by atoms with Crippen molar-refractivity contribution in [2.75, 3.05) is 4.72 Å². The Balaban J connectivity index is 2.40. The molecule has 18 heavy (non-hydrogen) atoms. The lowest BCUT2D eigenvalue weighted by atomic mass is 10.3. The van der Waals surface area contributed by atoms with E-state index in [1.54, 1.807) is 30.3 Å². The highest BCUT2D eigenvalue weighted by molar-refractivity contribution is 9.10. The third-order valence-electron chi connectivity index (χ3n) is 2.27. The van der Waals surface area contributed by atoms with Crippen LogP contribution in [0.4, 0.5) is 5.69 Å². The van der Waals surface area contributed by atoms with Crippen LogP contribution in [0.15, 0.2) is 57.9 Å². The molecule has 2 aromatic rings. The van der Waals surface area contributed by atoms with Gasteiger partial charge in [0.2, 0.25) is 0 Å². The van der Waals surface area contributed by atoms with E-state index < -0.39 is 10.0 Å². The van der Waals surface area contributed by atoms with Gasteiger partial charge in [0.25, 0.3) is 10.0 Å². The molecule has 0 aliphatic carbocycles. The molecule has 2 aromatic carbocycles. The quantitative estimate of drug-likeness (QED) is 0.852. The van der Waals surface area contributed by atoms with E-state index in [9.17, 15) is 13.5 Å². The maximum Gasteiger partial charge on any atom is 0.263 e. The third-order valence-corrected chi connectivity index (χ3v) is 4.65. The normalized spacial score (nSPS) is 11.2. The molecule has 0 unspecified atom stereocenters. The molecule has 2 rings (SSSR count). The Kier molecular flexibility index (Phi) is 3.58. The van der Waals surface area contributed by atoms with Crippen molar-refractivity contribution in [3.8, 4) is 5.75 Å². The summed E-state index contributed by atoms with van der Waals surface area (Å²) in [4.78, 5) is 0.119. The lowest BCUT2D eigenvalue weighted by molar-refractivity contribution is 0.477. The van der Waals surface area contributed by atoms with Gasteiger partial charge in [-0.3, -0.25) is 4.72 Å². The van der Waals surface area contributed by atoms with Crippen molar-refractivity contribution < 1.29 is 13.5 Å². The summed E-state index contributed by atoms with van der Waals surface area (Å²) in [6.45, 7) is 0. The van der Waals surface area contributed by atoms with Gasteiger partial charge in [0.1, 0.15) is 10.6 Å². The van der Waals surface area contributed by atoms with Gasteiger partial charge in [-0.15, -0.1) is 0 Å². The Morgan fingerprint density at radius 3 is 2.28 bits per heavy atom. The van der Waals surface area contributed by atoms with Crippen LogP contribution < -0.4 is 4.72 Å². The Morgan fingerprint density at radius 2 is 1.61 bits per heavy atom. The van der Waals surface area contributed by atoms with Crippen molar-refractivity contribution in [1.29, 1.82) is 0 Å². The average molecular weight is 328 g/mol. The molecule has 0 saturated heterocycles. The van der Waals surface area contributed by atoms with Crippen molar-refractivity contribution in [2.24, 2.45) is 0 Å². The number of anilines is 1. The first-order valence-electron chi connectivity index (χ1n) is 5.06. The molecule has 0 saturated carbocycles. The van der Waals surface area contributed by atoms with E-state index in [1.807, 2.05) is 0 Å². The number of phenolic OH excluding ortho intramolecular Hbond substituents is 1. The lowest BCUT2D eigenvalue weighted by Crippen LogP contribution is -2.13. The number of phenols is 1. The third kappa shape index (κ3) is 2.65. The van der Waals surface area contributed by atoms with E-state index in [4.69, 9.17) is 0 Å². The molecule has 0 bridgehead atoms. The topological polar surface area (TPSA) is 66.4 Å². The van der Waals surface area contributed by atoms with Gasteiger partial charge in [0, 0.05) is 4.47 Å². The van der Waals surface area contributed by atoms with Gasteiger partial charge in [-0.2, -0.15) is 0 Å². The first-order valence-corrected chi connectivity index (χ1v) is 7.34. The molecule has 0 fully saturated rings. The number of hydrogen-bond acceptors (Lipinski definition) is 3. The lowest BCUT2D eigenvalue weighted by Gasteiger charge is -2.10. The van der Waals surface area contributed by atoms with Crippen LogP contribution in [0.1, 0.15) is 0 Å². The monoisotopic (exact) mass is 327 g/mol. The smallest absolute Gasteiger partial charge is 0.263 e. The summed E-state index contributed by atoms with van der Waals surface area (Å²) < 4.78 is 27.0. The Bertz CT molecular complexity index is 671. The van der Waals surface area contributed by atoms with Crippen LogP contribution in [0.5, 0.6) is 5.75 Å². The molecule has 0 radical (unpaired) electrons. The fraction of sp³-hybridized carbons (Fsp3) is 0. The number of sulfonamides is 1. The molecule has 0 aliphatic rings. The van der Waals surface area contributed by atoms with Crippen molar-refractivity contribution in [3.63, 3.8) is 0 Å². The zero-order valence-electron chi connectivity index (χ0n) is 9.17. The van der Waals surface area contributed by atoms with Crippen LogP contribution >= 0.6 is 15.9 Å². The van der Waals surface area contributed by atoms with Gasteiger partial charge in [0.05, 0.1) is 5.69 Å². The highest BCUT2D eigenvalue weighted by atomic mass is 79.9. The van der Waals surface area contributed by atoms with E-state index >= 15 is 0 Å². The van der Waals surface area contributed by atoms with Gasteiger partial charge in [-0.1, -0.05) is 24.3 Å². The maximum absolute atomic E-state index is 12.1. The second-order valence-corrected chi connectivity index (χ2v) is 6.06. The van der Waals surface area contributed by atoms with Crippen LogP contribution in [0.3, 0.4) is 0 Å². The van der Waals surface area contributed by atoms with Crippen molar-refractivity contribution in [2.45, 2.75) is 4.90 Å². The van der Waals surface area contributed by atoms with E-state index in [2.05, 4.69) is 20.7 Å². The van der Waals surface area contributed by atoms with Gasteiger partial charge < -0.3 is 5.11 Å². The minimum atomic E-state index is -3.72. The summed E-state index contributed by atoms with van der Waals surface area (Å²) in [7, 11) is -3.72. The van der Waals surface area contributed by atoms with Crippen molar-refractivity contribution in [3.05, 3.63) is 53.0 Å². The number of benzene rings is 2. The molecule has 6 heteroatoms. The standard InChI is InChI=1S/C12H10BrNO3S/c13-9-5-1-4-8-12(9)18(16,17)14-10-6-2-3-7-11(10)15/h1-8,14-15H.